The van der Waals surface area contributed by atoms with Gasteiger partial charge in [0.05, 0.1) is 0 Å². The zero-order valence-electron chi connectivity index (χ0n) is 15.9. The van der Waals surface area contributed by atoms with Gasteiger partial charge in [-0.3, -0.25) is 4.90 Å². The van der Waals surface area contributed by atoms with E-state index in [9.17, 15) is 0 Å². The van der Waals surface area contributed by atoms with Crippen LogP contribution in [0, 0.1) is 0 Å². The molecule has 0 spiro atoms. The second-order valence-electron chi connectivity index (χ2n) is 8.01. The Hall–Kier alpha value is -1.84. The summed E-state index contributed by atoms with van der Waals surface area (Å²) >= 11 is 0. The van der Waals surface area contributed by atoms with Crippen LogP contribution in [0.3, 0.4) is 0 Å². The smallest absolute Gasteiger partial charge is 0.0413 e. The first kappa shape index (κ1) is 17.6. The second-order valence-corrected chi connectivity index (χ2v) is 8.01. The van der Waals surface area contributed by atoms with E-state index in [1.807, 2.05) is 0 Å². The van der Waals surface area contributed by atoms with Crippen molar-refractivity contribution in [2.24, 2.45) is 0 Å². The van der Waals surface area contributed by atoms with Crippen LogP contribution in [-0.4, -0.2) is 42.7 Å². The Morgan fingerprint density at radius 1 is 0.846 bits per heavy atom. The maximum atomic E-state index is 3.51. The summed E-state index contributed by atoms with van der Waals surface area (Å²) in [6.07, 6.45) is 5.01. The van der Waals surface area contributed by atoms with Crippen molar-refractivity contribution in [3.63, 3.8) is 0 Å². The van der Waals surface area contributed by atoms with Gasteiger partial charge in [-0.15, -0.1) is 0 Å². The first-order valence-electron chi connectivity index (χ1n) is 10.1. The Morgan fingerprint density at radius 2 is 1.35 bits per heavy atom. The van der Waals surface area contributed by atoms with Gasteiger partial charge >= 0.3 is 0 Å². The molecule has 2 aromatic rings. The molecule has 2 aromatic carbocycles. The Morgan fingerprint density at radius 3 is 1.85 bits per heavy atom. The lowest BCUT2D eigenvalue weighted by Gasteiger charge is -2.49. The molecule has 0 saturated carbocycles. The molecule has 2 saturated heterocycles. The van der Waals surface area contributed by atoms with Crippen LogP contribution in [-0.2, 0) is 0 Å². The zero-order chi connectivity index (χ0) is 17.8. The van der Waals surface area contributed by atoms with Crippen molar-refractivity contribution in [2.75, 3.05) is 31.1 Å². The van der Waals surface area contributed by atoms with E-state index in [0.717, 1.165) is 13.1 Å². The number of anilines is 2. The first-order chi connectivity index (χ1) is 12.8. The van der Waals surface area contributed by atoms with Crippen LogP contribution in [0.4, 0.5) is 11.4 Å². The predicted molar refractivity (Wildman–Crippen MR) is 110 cm³/mol. The van der Waals surface area contributed by atoms with Crippen molar-refractivity contribution >= 4 is 11.4 Å². The maximum absolute atomic E-state index is 3.51. The molecule has 2 aliphatic heterocycles. The van der Waals surface area contributed by atoms with E-state index < -0.39 is 0 Å². The van der Waals surface area contributed by atoms with Gasteiger partial charge in [0, 0.05) is 36.0 Å². The highest BCUT2D eigenvalue weighted by Gasteiger charge is 2.36. The van der Waals surface area contributed by atoms with E-state index in [1.165, 1.54) is 50.1 Å². The van der Waals surface area contributed by atoms with Gasteiger partial charge in [-0.25, -0.2) is 0 Å². The molecule has 0 amide bonds. The highest BCUT2D eigenvalue weighted by atomic mass is 15.2. The number of nitrogens with one attached hydrogen (secondary N) is 1. The molecule has 0 radical (unpaired) electrons. The number of hydrogen-bond donors (Lipinski definition) is 1. The second kappa shape index (κ2) is 7.81. The summed E-state index contributed by atoms with van der Waals surface area (Å²) in [6, 6.07) is 22.4. The summed E-state index contributed by atoms with van der Waals surface area (Å²) in [6.45, 7) is 7.21. The van der Waals surface area contributed by atoms with Crippen LogP contribution < -0.4 is 10.2 Å². The van der Waals surface area contributed by atoms with Gasteiger partial charge in [0.25, 0.3) is 0 Å². The van der Waals surface area contributed by atoms with Gasteiger partial charge < -0.3 is 10.2 Å². The van der Waals surface area contributed by atoms with Crippen LogP contribution in [0.5, 0.6) is 0 Å². The molecule has 0 aliphatic carbocycles. The minimum absolute atomic E-state index is 0.389. The van der Waals surface area contributed by atoms with E-state index in [4.69, 9.17) is 0 Å². The van der Waals surface area contributed by atoms with Gasteiger partial charge in [-0.2, -0.15) is 0 Å². The largest absolute Gasteiger partial charge is 0.338 e. The molecule has 1 N–H and O–H groups in total. The van der Waals surface area contributed by atoms with E-state index in [-0.39, 0.29) is 0 Å². The van der Waals surface area contributed by atoms with Gasteiger partial charge in [0.15, 0.2) is 0 Å². The summed E-state index contributed by atoms with van der Waals surface area (Å²) < 4.78 is 0. The minimum atomic E-state index is 0.389. The quantitative estimate of drug-likeness (QED) is 0.881. The van der Waals surface area contributed by atoms with Crippen molar-refractivity contribution < 1.29 is 0 Å². The first-order valence-corrected chi connectivity index (χ1v) is 10.1. The summed E-state index contributed by atoms with van der Waals surface area (Å²) in [5.41, 5.74) is 3.01. The number of likely N-dealkylation sites (tertiary alicyclic amines) is 1. The van der Waals surface area contributed by atoms with Crippen molar-refractivity contribution in [1.82, 2.24) is 10.2 Å². The number of para-hydroxylation sites is 2. The molecule has 0 unspecified atom stereocenters. The van der Waals surface area contributed by atoms with Crippen LogP contribution in [0.2, 0.25) is 0 Å². The number of hydrogen-bond acceptors (Lipinski definition) is 3. The summed E-state index contributed by atoms with van der Waals surface area (Å²) in [5.74, 6) is 0. The van der Waals surface area contributed by atoms with Crippen molar-refractivity contribution in [3.8, 4) is 0 Å². The number of piperidine rings is 2. The van der Waals surface area contributed by atoms with Gasteiger partial charge in [-0.05, 0) is 70.0 Å². The van der Waals surface area contributed by atoms with Crippen LogP contribution in [0.15, 0.2) is 60.7 Å². The molecular weight excluding hydrogens is 318 g/mol. The summed E-state index contributed by atoms with van der Waals surface area (Å²) in [7, 11) is 0. The fraction of sp³-hybridized carbons (Fsp3) is 0.478. The van der Waals surface area contributed by atoms with Crippen molar-refractivity contribution in [2.45, 2.75) is 44.2 Å². The molecule has 0 aromatic heterocycles. The lowest BCUT2D eigenvalue weighted by atomic mass is 9.86. The maximum Gasteiger partial charge on any atom is 0.0413 e. The van der Waals surface area contributed by atoms with Crippen molar-refractivity contribution in [1.29, 1.82) is 0 Å². The average Bonchev–Trinajstić information content (AvgIpc) is 2.71. The molecular formula is C23H31N3. The van der Waals surface area contributed by atoms with Gasteiger partial charge in [-0.1, -0.05) is 36.4 Å². The van der Waals surface area contributed by atoms with E-state index in [0.29, 0.717) is 11.6 Å². The predicted octanol–water partition coefficient (Wildman–Crippen LogP) is 4.43. The third kappa shape index (κ3) is 3.65. The molecule has 2 aliphatic rings. The molecule has 2 heterocycles. The normalized spacial score (nSPS) is 21.4. The molecule has 3 heteroatoms. The zero-order valence-corrected chi connectivity index (χ0v) is 15.9. The summed E-state index contributed by atoms with van der Waals surface area (Å²) in [5, 5.41) is 3.51. The average molecular weight is 350 g/mol. The van der Waals surface area contributed by atoms with E-state index in [1.54, 1.807) is 0 Å². The standard InChI is InChI=1S/C23H31N3/c1-23(14-16-24-17-15-23)25-18-12-22(13-19-25)26(20-8-4-2-5-9-20)21-10-6-3-7-11-21/h2-11,22,24H,12-19H2,1H3. The highest BCUT2D eigenvalue weighted by molar-refractivity contribution is 5.64. The number of nitrogens with zero attached hydrogens (tertiary/aromatic N) is 2. The lowest BCUT2D eigenvalue weighted by molar-refractivity contribution is 0.0493. The molecule has 2 fully saturated rings. The molecule has 0 bridgehead atoms. The monoisotopic (exact) mass is 349 g/mol. The Bertz CT molecular complexity index is 632. The molecule has 4 rings (SSSR count). The topological polar surface area (TPSA) is 18.5 Å². The summed E-state index contributed by atoms with van der Waals surface area (Å²) in [4.78, 5) is 5.32. The molecule has 138 valence electrons. The van der Waals surface area contributed by atoms with E-state index >= 15 is 0 Å². The fourth-order valence-electron chi connectivity index (χ4n) is 4.69. The Balaban J connectivity index is 1.51. The Labute approximate surface area is 158 Å². The van der Waals surface area contributed by atoms with Crippen molar-refractivity contribution in [3.05, 3.63) is 60.7 Å². The Kier molecular flexibility index (Phi) is 5.28. The molecule has 3 nitrogen and oxygen atoms in total. The minimum Gasteiger partial charge on any atom is -0.338 e. The van der Waals surface area contributed by atoms with E-state index in [2.05, 4.69) is 82.7 Å². The molecule has 0 atom stereocenters. The lowest BCUT2D eigenvalue weighted by Crippen LogP contribution is -2.56. The molecule has 26 heavy (non-hydrogen) atoms. The van der Waals surface area contributed by atoms with Crippen LogP contribution in [0.1, 0.15) is 32.6 Å². The number of rotatable bonds is 4. The SMILES string of the molecule is CC1(N2CCC(N(c3ccccc3)c3ccccc3)CC2)CCNCC1. The van der Waals surface area contributed by atoms with Gasteiger partial charge in [0.2, 0.25) is 0 Å². The fourth-order valence-corrected chi connectivity index (χ4v) is 4.69. The third-order valence-electron chi connectivity index (χ3n) is 6.34. The highest BCUT2D eigenvalue weighted by Crippen LogP contribution is 2.35. The number of benzene rings is 2. The third-order valence-corrected chi connectivity index (χ3v) is 6.34. The van der Waals surface area contributed by atoms with Gasteiger partial charge in [0.1, 0.15) is 0 Å². The van der Waals surface area contributed by atoms with Crippen LogP contribution >= 0.6 is 0 Å². The van der Waals surface area contributed by atoms with Crippen LogP contribution in [0.25, 0.3) is 0 Å².